The molecule has 0 aromatic heterocycles. The van der Waals surface area contributed by atoms with Crippen molar-refractivity contribution in [3.05, 3.63) is 23.8 Å². The number of piperidine rings is 1. The van der Waals surface area contributed by atoms with Gasteiger partial charge in [-0.2, -0.15) is 0 Å². The first kappa shape index (κ1) is 17.1. The summed E-state index contributed by atoms with van der Waals surface area (Å²) in [7, 11) is 1.64. The summed E-state index contributed by atoms with van der Waals surface area (Å²) >= 11 is 0. The molecule has 132 valence electrons. The van der Waals surface area contributed by atoms with Gasteiger partial charge in [0.25, 0.3) is 0 Å². The fourth-order valence-electron chi connectivity index (χ4n) is 3.87. The molecule has 3 rings (SSSR count). The molecule has 2 aliphatic rings. The van der Waals surface area contributed by atoms with Gasteiger partial charge in [0.05, 0.1) is 12.8 Å². The van der Waals surface area contributed by atoms with Crippen molar-refractivity contribution in [2.24, 2.45) is 0 Å². The van der Waals surface area contributed by atoms with Crippen molar-refractivity contribution < 1.29 is 9.53 Å². The zero-order valence-corrected chi connectivity index (χ0v) is 14.9. The maximum absolute atomic E-state index is 12.9. The topological polar surface area (TPSA) is 44.8 Å². The highest BCUT2D eigenvalue weighted by Crippen LogP contribution is 2.29. The highest BCUT2D eigenvalue weighted by Gasteiger charge is 2.29. The molecule has 1 N–H and O–H groups in total. The van der Waals surface area contributed by atoms with Crippen LogP contribution >= 0.6 is 0 Å². The SMILES string of the molecule is COc1cccc(C)c1NC(=O)N1CCCCC1CN1CCCC1. The van der Waals surface area contributed by atoms with Gasteiger partial charge < -0.3 is 19.9 Å². The Hall–Kier alpha value is -1.75. The van der Waals surface area contributed by atoms with E-state index in [1.165, 1.54) is 32.4 Å². The van der Waals surface area contributed by atoms with E-state index in [0.29, 0.717) is 6.04 Å². The maximum Gasteiger partial charge on any atom is 0.322 e. The molecule has 0 aliphatic carbocycles. The Bertz CT molecular complexity index is 570. The summed E-state index contributed by atoms with van der Waals surface area (Å²) in [6.07, 6.45) is 6.00. The summed E-state index contributed by atoms with van der Waals surface area (Å²) in [5.41, 5.74) is 1.81. The number of hydrogen-bond acceptors (Lipinski definition) is 3. The van der Waals surface area contributed by atoms with Crippen LogP contribution in [0.5, 0.6) is 5.75 Å². The maximum atomic E-state index is 12.9. The second-order valence-corrected chi connectivity index (χ2v) is 6.93. The Kier molecular flexibility index (Phi) is 5.61. The first-order valence-corrected chi connectivity index (χ1v) is 9.12. The minimum atomic E-state index is 0.00602. The molecule has 0 bridgehead atoms. The van der Waals surface area contributed by atoms with Gasteiger partial charge in [-0.05, 0) is 63.7 Å². The van der Waals surface area contributed by atoms with Gasteiger partial charge in [-0.25, -0.2) is 4.79 Å². The van der Waals surface area contributed by atoms with Crippen molar-refractivity contribution in [1.82, 2.24) is 9.80 Å². The first-order valence-electron chi connectivity index (χ1n) is 9.12. The molecule has 0 saturated carbocycles. The number of benzene rings is 1. The number of amides is 2. The van der Waals surface area contributed by atoms with Gasteiger partial charge in [-0.3, -0.25) is 0 Å². The van der Waals surface area contributed by atoms with Gasteiger partial charge in [0.2, 0.25) is 0 Å². The lowest BCUT2D eigenvalue weighted by atomic mass is 10.0. The number of para-hydroxylation sites is 1. The lowest BCUT2D eigenvalue weighted by molar-refractivity contribution is 0.136. The van der Waals surface area contributed by atoms with Crippen LogP contribution in [0.15, 0.2) is 18.2 Å². The number of urea groups is 1. The fourth-order valence-corrected chi connectivity index (χ4v) is 3.87. The molecule has 1 aromatic carbocycles. The fraction of sp³-hybridized carbons (Fsp3) is 0.632. The average Bonchev–Trinajstić information content (AvgIpc) is 3.10. The number of rotatable bonds is 4. The molecule has 1 atom stereocenters. The molecule has 2 amide bonds. The van der Waals surface area contributed by atoms with Crippen molar-refractivity contribution in [1.29, 1.82) is 0 Å². The number of nitrogens with one attached hydrogen (secondary N) is 1. The van der Waals surface area contributed by atoms with Crippen molar-refractivity contribution in [2.75, 3.05) is 38.6 Å². The molecule has 0 spiro atoms. The second-order valence-electron chi connectivity index (χ2n) is 6.93. The second kappa shape index (κ2) is 7.88. The van der Waals surface area contributed by atoms with Crippen LogP contribution in [0.2, 0.25) is 0 Å². The summed E-state index contributed by atoms with van der Waals surface area (Å²) in [5, 5.41) is 3.10. The Morgan fingerprint density at radius 3 is 2.71 bits per heavy atom. The molecule has 5 heteroatoms. The standard InChI is InChI=1S/C19H29N3O2/c1-15-8-7-10-17(24-2)18(15)20-19(23)22-13-4-3-9-16(22)14-21-11-5-6-12-21/h7-8,10,16H,3-6,9,11-14H2,1-2H3,(H,20,23). The molecule has 5 nitrogen and oxygen atoms in total. The van der Waals surface area contributed by atoms with Crippen LogP contribution in [0.4, 0.5) is 10.5 Å². The zero-order chi connectivity index (χ0) is 16.9. The minimum absolute atomic E-state index is 0.00602. The summed E-state index contributed by atoms with van der Waals surface area (Å²) in [6.45, 7) is 6.21. The molecule has 1 unspecified atom stereocenters. The van der Waals surface area contributed by atoms with Crippen LogP contribution in [0.25, 0.3) is 0 Å². The third-order valence-electron chi connectivity index (χ3n) is 5.24. The molecule has 2 aliphatic heterocycles. The number of aryl methyl sites for hydroxylation is 1. The van der Waals surface area contributed by atoms with Crippen LogP contribution in [-0.4, -0.2) is 55.2 Å². The smallest absolute Gasteiger partial charge is 0.322 e. The van der Waals surface area contributed by atoms with Gasteiger partial charge in [0.15, 0.2) is 0 Å². The molecule has 0 radical (unpaired) electrons. The number of anilines is 1. The number of carbonyl (C=O) groups is 1. The van der Waals surface area contributed by atoms with E-state index in [9.17, 15) is 4.79 Å². The Morgan fingerprint density at radius 2 is 1.96 bits per heavy atom. The predicted octanol–water partition coefficient (Wildman–Crippen LogP) is 3.49. The van der Waals surface area contributed by atoms with Crippen molar-refractivity contribution in [2.45, 2.75) is 45.1 Å². The summed E-state index contributed by atoms with van der Waals surface area (Å²) in [4.78, 5) is 17.5. The molecular weight excluding hydrogens is 302 g/mol. The van der Waals surface area contributed by atoms with Crippen LogP contribution in [0.1, 0.15) is 37.7 Å². The van der Waals surface area contributed by atoms with Crippen LogP contribution in [0, 0.1) is 6.92 Å². The summed E-state index contributed by atoms with van der Waals surface area (Å²) < 4.78 is 5.41. The van der Waals surface area contributed by atoms with E-state index in [-0.39, 0.29) is 6.03 Å². The molecule has 2 fully saturated rings. The number of carbonyl (C=O) groups excluding carboxylic acids is 1. The highest BCUT2D eigenvalue weighted by atomic mass is 16.5. The quantitative estimate of drug-likeness (QED) is 0.918. The molecule has 1 aromatic rings. The largest absolute Gasteiger partial charge is 0.495 e. The number of methoxy groups -OCH3 is 1. The van der Waals surface area contributed by atoms with Gasteiger partial charge in [0, 0.05) is 19.1 Å². The Balaban J connectivity index is 1.70. The zero-order valence-electron chi connectivity index (χ0n) is 14.9. The van der Waals surface area contributed by atoms with Crippen LogP contribution in [-0.2, 0) is 0 Å². The van der Waals surface area contributed by atoms with E-state index in [1.54, 1.807) is 7.11 Å². The Morgan fingerprint density at radius 1 is 1.21 bits per heavy atom. The van der Waals surface area contributed by atoms with E-state index < -0.39 is 0 Å². The lowest BCUT2D eigenvalue weighted by Gasteiger charge is -2.38. The monoisotopic (exact) mass is 331 g/mol. The van der Waals surface area contributed by atoms with E-state index in [1.807, 2.05) is 30.0 Å². The van der Waals surface area contributed by atoms with Crippen molar-refractivity contribution >= 4 is 11.7 Å². The van der Waals surface area contributed by atoms with Crippen LogP contribution < -0.4 is 10.1 Å². The van der Waals surface area contributed by atoms with Crippen molar-refractivity contribution in [3.63, 3.8) is 0 Å². The number of ether oxygens (including phenoxy) is 1. The summed E-state index contributed by atoms with van der Waals surface area (Å²) in [5.74, 6) is 0.719. The lowest BCUT2D eigenvalue weighted by Crippen LogP contribution is -2.50. The molecule has 24 heavy (non-hydrogen) atoms. The van der Waals surface area contributed by atoms with Gasteiger partial charge >= 0.3 is 6.03 Å². The van der Waals surface area contributed by atoms with Crippen molar-refractivity contribution in [3.8, 4) is 5.75 Å². The third-order valence-corrected chi connectivity index (χ3v) is 5.24. The van der Waals surface area contributed by atoms with E-state index in [2.05, 4.69) is 10.2 Å². The van der Waals surface area contributed by atoms with E-state index >= 15 is 0 Å². The molecule has 2 saturated heterocycles. The van der Waals surface area contributed by atoms with Gasteiger partial charge in [-0.15, -0.1) is 0 Å². The van der Waals surface area contributed by atoms with Crippen LogP contribution in [0.3, 0.4) is 0 Å². The Labute approximate surface area is 145 Å². The minimum Gasteiger partial charge on any atom is -0.495 e. The molecular formula is C19H29N3O2. The molecule has 2 heterocycles. The number of nitrogens with zero attached hydrogens (tertiary/aromatic N) is 2. The number of hydrogen-bond donors (Lipinski definition) is 1. The summed E-state index contributed by atoms with van der Waals surface area (Å²) in [6, 6.07) is 6.16. The van der Waals surface area contributed by atoms with Gasteiger partial charge in [-0.1, -0.05) is 12.1 Å². The number of likely N-dealkylation sites (tertiary alicyclic amines) is 2. The van der Waals surface area contributed by atoms with E-state index in [0.717, 1.165) is 42.9 Å². The van der Waals surface area contributed by atoms with Gasteiger partial charge in [0.1, 0.15) is 5.75 Å². The average molecular weight is 331 g/mol. The predicted molar refractivity (Wildman–Crippen MR) is 96.8 cm³/mol. The first-order chi connectivity index (χ1) is 11.7. The normalized spacial score (nSPS) is 21.8. The highest BCUT2D eigenvalue weighted by molar-refractivity contribution is 5.92. The third kappa shape index (κ3) is 3.83. The van der Waals surface area contributed by atoms with E-state index in [4.69, 9.17) is 4.74 Å².